The fourth-order valence-corrected chi connectivity index (χ4v) is 9.13. The summed E-state index contributed by atoms with van der Waals surface area (Å²) >= 11 is 0. The second kappa shape index (κ2) is 16.0. The summed E-state index contributed by atoms with van der Waals surface area (Å²) in [7, 11) is 1.69. The van der Waals surface area contributed by atoms with Crippen LogP contribution >= 0.6 is 0 Å². The van der Waals surface area contributed by atoms with Gasteiger partial charge in [-0.25, -0.2) is 9.97 Å². The summed E-state index contributed by atoms with van der Waals surface area (Å²) in [5.41, 5.74) is 12.1. The molecule has 0 unspecified atom stereocenters. The Morgan fingerprint density at radius 1 is 1.07 bits per heavy atom. The summed E-state index contributed by atoms with van der Waals surface area (Å²) in [5, 5.41) is 7.62. The van der Waals surface area contributed by atoms with E-state index < -0.39 is 5.79 Å². The Hall–Kier alpha value is -4.19. The molecule has 11 heteroatoms. The molecule has 2 aromatic carbocycles. The molecule has 0 radical (unpaired) electrons. The van der Waals surface area contributed by atoms with E-state index in [4.69, 9.17) is 24.9 Å². The summed E-state index contributed by atoms with van der Waals surface area (Å²) in [6.45, 7) is 19.9. The molecule has 4 atom stereocenters. The molecule has 56 heavy (non-hydrogen) atoms. The first kappa shape index (κ1) is 40.0. The van der Waals surface area contributed by atoms with E-state index in [9.17, 15) is 4.79 Å². The number of hydrogen-bond donors (Lipinski definition) is 3. The number of benzene rings is 2. The van der Waals surface area contributed by atoms with E-state index in [1.165, 1.54) is 11.1 Å². The van der Waals surface area contributed by atoms with Gasteiger partial charge < -0.3 is 35.1 Å². The highest BCUT2D eigenvalue weighted by Gasteiger charge is 2.55. The predicted molar refractivity (Wildman–Crippen MR) is 224 cm³/mol. The molecular formula is C45H63N7O4. The first-order valence-corrected chi connectivity index (χ1v) is 20.6. The van der Waals surface area contributed by atoms with Crippen molar-refractivity contribution in [2.75, 3.05) is 36.6 Å². The van der Waals surface area contributed by atoms with Gasteiger partial charge in [0.1, 0.15) is 29.6 Å². The summed E-state index contributed by atoms with van der Waals surface area (Å²) in [6.07, 6.45) is 8.27. The van der Waals surface area contributed by atoms with Crippen molar-refractivity contribution in [1.82, 2.24) is 19.4 Å². The number of aryl methyl sites for hydroxylation is 1. The number of methoxy groups -OCH3 is 1. The number of anilines is 3. The molecule has 302 valence electrons. The maximum Gasteiger partial charge on any atom is 0.224 e. The van der Waals surface area contributed by atoms with Gasteiger partial charge in [-0.2, -0.15) is 0 Å². The van der Waals surface area contributed by atoms with Crippen molar-refractivity contribution in [2.45, 2.75) is 130 Å². The first-order valence-electron chi connectivity index (χ1n) is 20.6. The maximum absolute atomic E-state index is 13.0. The molecule has 2 aromatic heterocycles. The first-order chi connectivity index (χ1) is 26.6. The molecule has 11 nitrogen and oxygen atoms in total. The number of amides is 1. The zero-order valence-corrected chi connectivity index (χ0v) is 34.9. The number of nitrogens with one attached hydrogen (secondary N) is 2. The van der Waals surface area contributed by atoms with E-state index >= 15 is 0 Å². The number of ether oxygens (including phenoxy) is 3. The highest BCUT2D eigenvalue weighted by molar-refractivity contribution is 5.94. The van der Waals surface area contributed by atoms with Gasteiger partial charge in [0.2, 0.25) is 5.91 Å². The van der Waals surface area contributed by atoms with Gasteiger partial charge >= 0.3 is 0 Å². The van der Waals surface area contributed by atoms with E-state index in [2.05, 4.69) is 97.1 Å². The normalized spacial score (nSPS) is 24.4. The van der Waals surface area contributed by atoms with Gasteiger partial charge in [0.05, 0.1) is 36.0 Å². The van der Waals surface area contributed by atoms with Crippen LogP contribution in [0.2, 0.25) is 0 Å². The molecule has 2 saturated carbocycles. The van der Waals surface area contributed by atoms with Crippen molar-refractivity contribution in [3.63, 3.8) is 0 Å². The molecule has 1 saturated heterocycles. The molecule has 3 fully saturated rings. The standard InChI is InChI=1S/C45H63N7O4/c1-27(2)24-51(33-19-29(20-33)10-15-39(53)50-37-14-12-32(22-36(37)46)44(4,5)6)25-31-21-38(41-40(31)55-45(7,8)56-41)52-17-16-35-42(48-26-49-43(35)52)47-23-30-11-13-34(54-9)18-28(30)3/h11-14,16-18,22,26-27,29,31,33,38,40-41H,10,15,19-21,23-25,46H2,1-9H3,(H,50,53)(H,47,48,49)/t29?,31-,33?,38-,40-,41+/m1/s1. The average Bonchev–Trinajstić information content (AvgIpc) is 3.78. The van der Waals surface area contributed by atoms with Crippen molar-refractivity contribution in [1.29, 1.82) is 0 Å². The third-order valence-electron chi connectivity index (χ3n) is 12.2. The van der Waals surface area contributed by atoms with Crippen molar-refractivity contribution < 1.29 is 19.0 Å². The average molecular weight is 766 g/mol. The summed E-state index contributed by atoms with van der Waals surface area (Å²) < 4.78 is 21.1. The van der Waals surface area contributed by atoms with E-state index in [0.29, 0.717) is 48.1 Å². The van der Waals surface area contributed by atoms with E-state index in [0.717, 1.165) is 66.9 Å². The Morgan fingerprint density at radius 3 is 2.54 bits per heavy atom. The molecule has 0 spiro atoms. The number of nitrogen functional groups attached to an aromatic ring is 1. The highest BCUT2D eigenvalue weighted by atomic mass is 16.8. The minimum atomic E-state index is -0.655. The molecule has 7 rings (SSSR count). The van der Waals surface area contributed by atoms with Crippen LogP contribution in [0.1, 0.15) is 103 Å². The van der Waals surface area contributed by atoms with Gasteiger partial charge in [-0.3, -0.25) is 9.69 Å². The third kappa shape index (κ3) is 8.70. The summed E-state index contributed by atoms with van der Waals surface area (Å²) in [6, 6.07) is 14.8. The number of fused-ring (bicyclic) bond motifs is 2. The lowest BCUT2D eigenvalue weighted by molar-refractivity contribution is -0.161. The molecule has 4 aromatic rings. The Balaban J connectivity index is 0.991. The van der Waals surface area contributed by atoms with E-state index in [1.54, 1.807) is 13.4 Å². The molecule has 2 aliphatic carbocycles. The van der Waals surface area contributed by atoms with Gasteiger partial charge in [0, 0.05) is 44.2 Å². The molecule has 3 heterocycles. The molecule has 3 aliphatic rings. The number of aromatic nitrogens is 3. The molecule has 1 amide bonds. The Labute approximate surface area is 333 Å². The number of carbonyl (C=O) groups is 1. The summed E-state index contributed by atoms with van der Waals surface area (Å²) in [4.78, 5) is 25.1. The minimum absolute atomic E-state index is 0.00472. The Bertz CT molecular complexity index is 2010. The lowest BCUT2D eigenvalue weighted by Crippen LogP contribution is -2.49. The Kier molecular flexibility index (Phi) is 11.4. The van der Waals surface area contributed by atoms with Gasteiger partial charge in [-0.05, 0) is 111 Å². The molecule has 0 bridgehead atoms. The topological polar surface area (TPSA) is 129 Å². The quantitative estimate of drug-likeness (QED) is 0.108. The van der Waals surface area contributed by atoms with Gasteiger partial charge in [-0.1, -0.05) is 46.8 Å². The van der Waals surface area contributed by atoms with Crippen LogP contribution in [-0.2, 0) is 26.2 Å². The van der Waals surface area contributed by atoms with Crippen molar-refractivity contribution in [2.24, 2.45) is 17.8 Å². The third-order valence-corrected chi connectivity index (χ3v) is 12.2. The predicted octanol–water partition coefficient (Wildman–Crippen LogP) is 8.48. The number of carbonyl (C=O) groups excluding carboxylic acids is 1. The maximum atomic E-state index is 13.0. The van der Waals surface area contributed by atoms with Crippen LogP contribution in [0.4, 0.5) is 17.2 Å². The van der Waals surface area contributed by atoms with Crippen molar-refractivity contribution in [3.8, 4) is 5.75 Å². The van der Waals surface area contributed by atoms with Crippen LogP contribution in [0.25, 0.3) is 11.0 Å². The molecular weight excluding hydrogens is 703 g/mol. The van der Waals surface area contributed by atoms with Gasteiger partial charge in [-0.15, -0.1) is 0 Å². The van der Waals surface area contributed by atoms with Crippen LogP contribution in [0, 0.1) is 24.7 Å². The second-order valence-corrected chi connectivity index (χ2v) is 18.4. The van der Waals surface area contributed by atoms with E-state index in [1.807, 2.05) is 32.0 Å². The van der Waals surface area contributed by atoms with Crippen LogP contribution in [-0.4, -0.2) is 69.6 Å². The SMILES string of the molecule is COc1ccc(CNc2ncnc3c2ccn3[C@@H]2C[C@H](CN(CC(C)C)C3CC(CCC(=O)Nc4ccc(C(C)(C)C)cc4N)C3)[C@H]3OC(C)(C)O[C@H]32)c(C)c1. The fourth-order valence-electron chi connectivity index (χ4n) is 9.13. The molecule has 4 N–H and O–H groups in total. The number of nitrogens with zero attached hydrogens (tertiary/aromatic N) is 4. The number of rotatable bonds is 14. The second-order valence-electron chi connectivity index (χ2n) is 18.4. The minimum Gasteiger partial charge on any atom is -0.497 e. The van der Waals surface area contributed by atoms with Gasteiger partial charge in [0.15, 0.2) is 5.79 Å². The lowest BCUT2D eigenvalue weighted by atomic mass is 9.76. The van der Waals surface area contributed by atoms with Crippen LogP contribution in [0.3, 0.4) is 0 Å². The zero-order chi connectivity index (χ0) is 39.9. The van der Waals surface area contributed by atoms with Gasteiger partial charge in [0.25, 0.3) is 0 Å². The van der Waals surface area contributed by atoms with Crippen molar-refractivity contribution >= 4 is 34.1 Å². The van der Waals surface area contributed by atoms with Crippen LogP contribution in [0.5, 0.6) is 5.75 Å². The Morgan fingerprint density at radius 2 is 1.84 bits per heavy atom. The van der Waals surface area contributed by atoms with Crippen molar-refractivity contribution in [3.05, 3.63) is 71.7 Å². The highest BCUT2D eigenvalue weighted by Crippen LogP contribution is 2.49. The molecule has 1 aliphatic heterocycles. The van der Waals surface area contributed by atoms with Crippen LogP contribution < -0.4 is 21.1 Å². The number of hydrogen-bond acceptors (Lipinski definition) is 9. The fraction of sp³-hybridized carbons (Fsp3) is 0.578. The van der Waals surface area contributed by atoms with Crippen LogP contribution in [0.15, 0.2) is 55.0 Å². The monoisotopic (exact) mass is 765 g/mol. The van der Waals surface area contributed by atoms with E-state index in [-0.39, 0.29) is 29.6 Å². The lowest BCUT2D eigenvalue weighted by Gasteiger charge is -2.45. The summed E-state index contributed by atoms with van der Waals surface area (Å²) in [5.74, 6) is 2.43. The smallest absolute Gasteiger partial charge is 0.224 e. The number of nitrogens with two attached hydrogens (primary N) is 1. The zero-order valence-electron chi connectivity index (χ0n) is 34.9. The largest absolute Gasteiger partial charge is 0.497 e.